The molecule has 2 aromatic heterocycles. The van der Waals surface area contributed by atoms with E-state index in [0.29, 0.717) is 11.4 Å². The van der Waals surface area contributed by atoms with Gasteiger partial charge in [0.05, 0.1) is 0 Å². The highest BCUT2D eigenvalue weighted by atomic mass is 15.2. The van der Waals surface area contributed by atoms with Gasteiger partial charge in [0.15, 0.2) is 5.65 Å². The van der Waals surface area contributed by atoms with Gasteiger partial charge in [-0.1, -0.05) is 13.3 Å². The number of nitrogen functional groups attached to an aromatic ring is 1. The zero-order chi connectivity index (χ0) is 12.0. The number of pyridine rings is 1. The highest BCUT2D eigenvalue weighted by Gasteiger charge is 2.33. The van der Waals surface area contributed by atoms with Gasteiger partial charge in [0.2, 0.25) is 5.95 Å². The second kappa shape index (κ2) is 3.45. The minimum atomic E-state index is 0.382. The van der Waals surface area contributed by atoms with E-state index in [1.807, 2.05) is 19.1 Å². The summed E-state index contributed by atoms with van der Waals surface area (Å²) in [6.45, 7) is 5.25. The van der Waals surface area contributed by atoms with Crippen LogP contribution >= 0.6 is 0 Å². The fourth-order valence-corrected chi connectivity index (χ4v) is 2.59. The maximum atomic E-state index is 6.00. The summed E-state index contributed by atoms with van der Waals surface area (Å²) in [6, 6.07) is 3.97. The molecule has 90 valence electrons. The van der Waals surface area contributed by atoms with E-state index >= 15 is 0 Å². The third-order valence-corrected chi connectivity index (χ3v) is 3.86. The number of anilines is 1. The molecule has 2 N–H and O–H groups in total. The Hall–Kier alpha value is -1.58. The maximum Gasteiger partial charge on any atom is 0.202 e. The van der Waals surface area contributed by atoms with Crippen LogP contribution in [0.3, 0.4) is 0 Å². The van der Waals surface area contributed by atoms with E-state index in [1.165, 1.54) is 19.3 Å². The molecule has 4 heteroatoms. The van der Waals surface area contributed by atoms with Gasteiger partial charge in [-0.3, -0.25) is 4.57 Å². The molecule has 1 fully saturated rings. The summed E-state index contributed by atoms with van der Waals surface area (Å²) in [6.07, 6.45) is 3.88. The molecule has 0 spiro atoms. The zero-order valence-electron chi connectivity index (χ0n) is 10.4. The number of aryl methyl sites for hydroxylation is 1. The summed E-state index contributed by atoms with van der Waals surface area (Å²) in [5.74, 6) is 0.589. The third kappa shape index (κ3) is 1.68. The summed E-state index contributed by atoms with van der Waals surface area (Å²) in [5, 5.41) is 0. The van der Waals surface area contributed by atoms with Crippen LogP contribution in [0.2, 0.25) is 0 Å². The summed E-state index contributed by atoms with van der Waals surface area (Å²) < 4.78 is 2.07. The predicted octanol–water partition coefficient (Wildman–Crippen LogP) is 2.51. The molecular formula is C13H18N4. The molecule has 0 radical (unpaired) electrons. The lowest BCUT2D eigenvalue weighted by Gasteiger charge is -2.38. The Labute approximate surface area is 101 Å². The normalized spacial score (nSPS) is 18.2. The van der Waals surface area contributed by atoms with E-state index in [-0.39, 0.29) is 0 Å². The molecule has 3 rings (SSSR count). The van der Waals surface area contributed by atoms with Gasteiger partial charge in [-0.05, 0) is 37.3 Å². The van der Waals surface area contributed by atoms with Gasteiger partial charge in [-0.15, -0.1) is 0 Å². The van der Waals surface area contributed by atoms with Gasteiger partial charge in [-0.2, -0.15) is 0 Å². The summed E-state index contributed by atoms with van der Waals surface area (Å²) >= 11 is 0. The van der Waals surface area contributed by atoms with E-state index in [1.54, 1.807) is 0 Å². The number of hydrogen-bond acceptors (Lipinski definition) is 3. The SMILES string of the molecule is Cc1ccc2nc(N)n(CC3(C)CCC3)c2n1. The number of aromatic nitrogens is 3. The molecule has 1 aliphatic rings. The molecular weight excluding hydrogens is 212 g/mol. The Kier molecular flexibility index (Phi) is 2.15. The maximum absolute atomic E-state index is 6.00. The molecule has 0 bridgehead atoms. The van der Waals surface area contributed by atoms with Crippen LogP contribution in [0.1, 0.15) is 31.9 Å². The highest BCUT2D eigenvalue weighted by Crippen LogP contribution is 2.42. The van der Waals surface area contributed by atoms with Crippen molar-refractivity contribution in [2.75, 3.05) is 5.73 Å². The first kappa shape index (κ1) is 10.6. The Morgan fingerprint density at radius 2 is 2.12 bits per heavy atom. The lowest BCUT2D eigenvalue weighted by Crippen LogP contribution is -2.31. The molecule has 0 aliphatic heterocycles. The number of fused-ring (bicyclic) bond motifs is 1. The monoisotopic (exact) mass is 230 g/mol. The van der Waals surface area contributed by atoms with Crippen molar-refractivity contribution in [1.29, 1.82) is 0 Å². The number of hydrogen-bond donors (Lipinski definition) is 1. The van der Waals surface area contributed by atoms with E-state index in [4.69, 9.17) is 5.73 Å². The van der Waals surface area contributed by atoms with Gasteiger partial charge >= 0.3 is 0 Å². The second-order valence-corrected chi connectivity index (χ2v) is 5.52. The second-order valence-electron chi connectivity index (χ2n) is 5.52. The van der Waals surface area contributed by atoms with E-state index in [2.05, 4.69) is 21.5 Å². The Balaban J connectivity index is 2.07. The van der Waals surface area contributed by atoms with Crippen molar-refractivity contribution < 1.29 is 0 Å². The summed E-state index contributed by atoms with van der Waals surface area (Å²) in [4.78, 5) is 8.93. The van der Waals surface area contributed by atoms with Gasteiger partial charge in [0.1, 0.15) is 5.52 Å². The van der Waals surface area contributed by atoms with Crippen LogP contribution < -0.4 is 5.73 Å². The molecule has 0 atom stereocenters. The number of rotatable bonds is 2. The first-order valence-electron chi connectivity index (χ1n) is 6.17. The predicted molar refractivity (Wildman–Crippen MR) is 68.6 cm³/mol. The first-order valence-corrected chi connectivity index (χ1v) is 6.17. The van der Waals surface area contributed by atoms with Crippen LogP contribution in [0.4, 0.5) is 5.95 Å². The molecule has 0 aromatic carbocycles. The van der Waals surface area contributed by atoms with Gasteiger partial charge in [0.25, 0.3) is 0 Å². The smallest absolute Gasteiger partial charge is 0.202 e. The molecule has 4 nitrogen and oxygen atoms in total. The standard InChI is InChI=1S/C13H18N4/c1-9-4-5-10-11(15-9)17(12(14)16-10)8-13(2)6-3-7-13/h4-5H,3,6-8H2,1-2H3,(H2,14,16). The quantitative estimate of drug-likeness (QED) is 0.862. The Morgan fingerprint density at radius 1 is 1.35 bits per heavy atom. The Bertz CT molecular complexity index is 566. The molecule has 0 saturated heterocycles. The lowest BCUT2D eigenvalue weighted by atomic mass is 9.70. The van der Waals surface area contributed by atoms with E-state index in [9.17, 15) is 0 Å². The first-order chi connectivity index (χ1) is 8.07. The van der Waals surface area contributed by atoms with Crippen molar-refractivity contribution in [2.24, 2.45) is 5.41 Å². The lowest BCUT2D eigenvalue weighted by molar-refractivity contribution is 0.134. The molecule has 0 unspecified atom stereocenters. The van der Waals surface area contributed by atoms with Crippen molar-refractivity contribution in [3.63, 3.8) is 0 Å². The van der Waals surface area contributed by atoms with Crippen LogP contribution in [0, 0.1) is 12.3 Å². The third-order valence-electron chi connectivity index (χ3n) is 3.86. The molecule has 2 heterocycles. The molecule has 2 aromatic rings. The largest absolute Gasteiger partial charge is 0.369 e. The molecule has 1 saturated carbocycles. The van der Waals surface area contributed by atoms with Crippen LogP contribution in [0.15, 0.2) is 12.1 Å². The topological polar surface area (TPSA) is 56.7 Å². The number of nitrogens with two attached hydrogens (primary N) is 1. The molecule has 1 aliphatic carbocycles. The van der Waals surface area contributed by atoms with Crippen molar-refractivity contribution in [1.82, 2.24) is 14.5 Å². The van der Waals surface area contributed by atoms with Gasteiger partial charge in [0, 0.05) is 12.2 Å². The van der Waals surface area contributed by atoms with Gasteiger partial charge in [-0.25, -0.2) is 9.97 Å². The fourth-order valence-electron chi connectivity index (χ4n) is 2.59. The van der Waals surface area contributed by atoms with Crippen LogP contribution in [-0.2, 0) is 6.54 Å². The van der Waals surface area contributed by atoms with Crippen molar-refractivity contribution >= 4 is 17.1 Å². The minimum Gasteiger partial charge on any atom is -0.369 e. The summed E-state index contributed by atoms with van der Waals surface area (Å²) in [7, 11) is 0. The van der Waals surface area contributed by atoms with Gasteiger partial charge < -0.3 is 5.73 Å². The molecule has 0 amide bonds. The van der Waals surface area contributed by atoms with Crippen LogP contribution in [-0.4, -0.2) is 14.5 Å². The number of imidazole rings is 1. The zero-order valence-corrected chi connectivity index (χ0v) is 10.4. The Morgan fingerprint density at radius 3 is 2.76 bits per heavy atom. The van der Waals surface area contributed by atoms with Crippen LogP contribution in [0.25, 0.3) is 11.2 Å². The van der Waals surface area contributed by atoms with Crippen molar-refractivity contribution in [3.05, 3.63) is 17.8 Å². The van der Waals surface area contributed by atoms with E-state index < -0.39 is 0 Å². The fraction of sp³-hybridized carbons (Fsp3) is 0.538. The van der Waals surface area contributed by atoms with Crippen molar-refractivity contribution in [2.45, 2.75) is 39.7 Å². The molecule has 17 heavy (non-hydrogen) atoms. The minimum absolute atomic E-state index is 0.382. The average Bonchev–Trinajstić information content (AvgIpc) is 2.53. The van der Waals surface area contributed by atoms with Crippen molar-refractivity contribution in [3.8, 4) is 0 Å². The van der Waals surface area contributed by atoms with E-state index in [0.717, 1.165) is 23.4 Å². The average molecular weight is 230 g/mol. The summed E-state index contributed by atoms with van der Waals surface area (Å²) in [5.41, 5.74) is 9.22. The highest BCUT2D eigenvalue weighted by molar-refractivity contribution is 5.74. The number of nitrogens with zero attached hydrogens (tertiary/aromatic N) is 3. The van der Waals surface area contributed by atoms with Crippen LogP contribution in [0.5, 0.6) is 0 Å².